The van der Waals surface area contributed by atoms with Gasteiger partial charge in [-0.05, 0) is 66.1 Å². The van der Waals surface area contributed by atoms with Crippen LogP contribution in [0.1, 0.15) is 25.2 Å². The average Bonchev–Trinajstić information content (AvgIpc) is 2.81. The lowest BCUT2D eigenvalue weighted by atomic mass is 9.88. The van der Waals surface area contributed by atoms with Crippen LogP contribution in [0.2, 0.25) is 10.0 Å². The van der Waals surface area contributed by atoms with Crippen molar-refractivity contribution in [3.63, 3.8) is 0 Å². The Balaban J connectivity index is 1.66. The number of hydrogen-bond acceptors (Lipinski definition) is 5. The van der Waals surface area contributed by atoms with Crippen LogP contribution in [0.15, 0.2) is 65.7 Å². The van der Waals surface area contributed by atoms with Gasteiger partial charge in [-0.3, -0.25) is 9.52 Å². The third-order valence-electron chi connectivity index (χ3n) is 5.88. The van der Waals surface area contributed by atoms with Crippen molar-refractivity contribution in [3.8, 4) is 11.1 Å². The summed E-state index contributed by atoms with van der Waals surface area (Å²) in [4.78, 5) is 20.6. The molecule has 0 unspecified atom stereocenters. The molecule has 0 saturated carbocycles. The molecule has 0 fully saturated rings. The van der Waals surface area contributed by atoms with E-state index < -0.39 is 21.3 Å². The van der Waals surface area contributed by atoms with E-state index in [1.165, 1.54) is 18.2 Å². The van der Waals surface area contributed by atoms with E-state index in [1.54, 1.807) is 32.2 Å². The second kappa shape index (κ2) is 9.69. The Morgan fingerprint density at radius 1 is 1.06 bits per heavy atom. The van der Waals surface area contributed by atoms with Gasteiger partial charge in [-0.1, -0.05) is 49.2 Å². The summed E-state index contributed by atoms with van der Waals surface area (Å²) in [5, 5.41) is 1.15. The Labute approximate surface area is 219 Å². The number of benzene rings is 3. The summed E-state index contributed by atoms with van der Waals surface area (Å²) in [6.45, 7) is 5.46. The first kappa shape index (κ1) is 25.9. The van der Waals surface area contributed by atoms with E-state index in [0.717, 1.165) is 27.6 Å². The number of rotatable bonds is 7. The SMILES string of the molecule is Cc1ccc(NS(=O)(=O)c2cc(Cl)ccc2Cl)cc1-c1ccc2nc(CC(C)(C)C(N)=O)ncc2c1. The lowest BCUT2D eigenvalue weighted by Crippen LogP contribution is -2.33. The van der Waals surface area contributed by atoms with Gasteiger partial charge in [-0.2, -0.15) is 0 Å². The Bertz CT molecular complexity index is 1600. The molecule has 0 bridgehead atoms. The quantitative estimate of drug-likeness (QED) is 0.307. The van der Waals surface area contributed by atoms with Crippen molar-refractivity contribution in [2.75, 3.05) is 4.72 Å². The lowest BCUT2D eigenvalue weighted by Gasteiger charge is -2.19. The molecular formula is C26H24Cl2N4O3S. The lowest BCUT2D eigenvalue weighted by molar-refractivity contribution is -0.126. The largest absolute Gasteiger partial charge is 0.369 e. The van der Waals surface area contributed by atoms with E-state index in [0.29, 0.717) is 17.9 Å². The number of hydrogen-bond donors (Lipinski definition) is 2. The number of primary amides is 1. The van der Waals surface area contributed by atoms with Crippen molar-refractivity contribution in [1.82, 2.24) is 9.97 Å². The Morgan fingerprint density at radius 2 is 1.81 bits per heavy atom. The number of sulfonamides is 1. The second-order valence-corrected chi connectivity index (χ2v) is 11.7. The van der Waals surface area contributed by atoms with Gasteiger partial charge in [0, 0.05) is 28.7 Å². The van der Waals surface area contributed by atoms with Gasteiger partial charge in [0.1, 0.15) is 10.7 Å². The summed E-state index contributed by atoms with van der Waals surface area (Å²) < 4.78 is 28.5. The van der Waals surface area contributed by atoms with E-state index in [1.807, 2.05) is 31.2 Å². The van der Waals surface area contributed by atoms with E-state index in [9.17, 15) is 13.2 Å². The molecule has 1 heterocycles. The van der Waals surface area contributed by atoms with Crippen molar-refractivity contribution < 1.29 is 13.2 Å². The Morgan fingerprint density at radius 3 is 2.53 bits per heavy atom. The minimum absolute atomic E-state index is 0.0762. The van der Waals surface area contributed by atoms with Crippen LogP contribution in [0.5, 0.6) is 0 Å². The molecule has 3 N–H and O–H groups in total. The van der Waals surface area contributed by atoms with Crippen LogP contribution in [-0.2, 0) is 21.2 Å². The molecule has 1 aromatic heterocycles. The summed E-state index contributed by atoms with van der Waals surface area (Å²) in [5.41, 5.74) is 8.50. The second-order valence-electron chi connectivity index (χ2n) is 9.19. The summed E-state index contributed by atoms with van der Waals surface area (Å²) in [7, 11) is -3.96. The minimum Gasteiger partial charge on any atom is -0.369 e. The van der Waals surface area contributed by atoms with Gasteiger partial charge in [-0.25, -0.2) is 18.4 Å². The van der Waals surface area contributed by atoms with Crippen LogP contribution in [0.3, 0.4) is 0 Å². The highest BCUT2D eigenvalue weighted by molar-refractivity contribution is 7.92. The predicted molar refractivity (Wildman–Crippen MR) is 144 cm³/mol. The van der Waals surface area contributed by atoms with Crippen LogP contribution < -0.4 is 10.5 Å². The molecular weight excluding hydrogens is 519 g/mol. The standard InChI is InChI=1S/C26H24Cl2N4O3S/c1-15-4-7-19(32-36(34,35)23-11-18(27)6-8-21(23)28)12-20(15)16-5-9-22-17(10-16)14-30-24(31-22)13-26(2,3)25(29)33/h4-12,14,32H,13H2,1-3H3,(H2,29,33). The summed E-state index contributed by atoms with van der Waals surface area (Å²) in [5.74, 6) is 0.122. The molecule has 0 aliphatic rings. The number of nitrogens with two attached hydrogens (primary N) is 1. The monoisotopic (exact) mass is 542 g/mol. The minimum atomic E-state index is -3.96. The first-order chi connectivity index (χ1) is 16.9. The van der Waals surface area contributed by atoms with Crippen molar-refractivity contribution in [1.29, 1.82) is 0 Å². The number of nitrogens with one attached hydrogen (secondary N) is 1. The number of carbonyl (C=O) groups is 1. The van der Waals surface area contributed by atoms with Crippen LogP contribution in [0.4, 0.5) is 5.69 Å². The smallest absolute Gasteiger partial charge is 0.263 e. The maximum Gasteiger partial charge on any atom is 0.263 e. The third kappa shape index (κ3) is 5.46. The van der Waals surface area contributed by atoms with Crippen LogP contribution in [0.25, 0.3) is 22.0 Å². The fourth-order valence-corrected chi connectivity index (χ4v) is 5.51. The van der Waals surface area contributed by atoms with Gasteiger partial charge in [0.15, 0.2) is 0 Å². The van der Waals surface area contributed by atoms with E-state index in [2.05, 4.69) is 14.7 Å². The van der Waals surface area contributed by atoms with Gasteiger partial charge in [0.2, 0.25) is 5.91 Å². The van der Waals surface area contributed by atoms with Crippen molar-refractivity contribution >= 4 is 55.7 Å². The zero-order valence-corrected chi connectivity index (χ0v) is 22.2. The number of carbonyl (C=O) groups excluding carboxylic acids is 1. The number of anilines is 1. The topological polar surface area (TPSA) is 115 Å². The van der Waals surface area contributed by atoms with Gasteiger partial charge >= 0.3 is 0 Å². The molecule has 0 spiro atoms. The van der Waals surface area contributed by atoms with E-state index in [4.69, 9.17) is 28.9 Å². The molecule has 4 rings (SSSR count). The number of aryl methyl sites for hydroxylation is 1. The van der Waals surface area contributed by atoms with Crippen molar-refractivity contribution in [3.05, 3.63) is 82.2 Å². The van der Waals surface area contributed by atoms with Gasteiger partial charge in [0.05, 0.1) is 16.0 Å². The molecule has 4 aromatic rings. The zero-order valence-electron chi connectivity index (χ0n) is 19.8. The molecule has 186 valence electrons. The number of nitrogens with zero attached hydrogens (tertiary/aromatic N) is 2. The fourth-order valence-electron chi connectivity index (χ4n) is 3.70. The Hall–Kier alpha value is -3.20. The molecule has 10 heteroatoms. The highest BCUT2D eigenvalue weighted by Crippen LogP contribution is 2.32. The fraction of sp³-hybridized carbons (Fsp3) is 0.192. The highest BCUT2D eigenvalue weighted by Gasteiger charge is 2.26. The predicted octanol–water partition coefficient (Wildman–Crippen LogP) is 5.77. The summed E-state index contributed by atoms with van der Waals surface area (Å²) in [6, 6.07) is 15.3. The van der Waals surface area contributed by atoms with Crippen LogP contribution >= 0.6 is 23.2 Å². The van der Waals surface area contributed by atoms with Crippen molar-refractivity contribution in [2.24, 2.45) is 11.1 Å². The molecule has 0 atom stereocenters. The number of fused-ring (bicyclic) bond motifs is 1. The summed E-state index contributed by atoms with van der Waals surface area (Å²) >= 11 is 12.1. The number of aromatic nitrogens is 2. The van der Waals surface area contributed by atoms with E-state index >= 15 is 0 Å². The molecule has 0 aliphatic heterocycles. The van der Waals surface area contributed by atoms with Crippen molar-refractivity contribution in [2.45, 2.75) is 32.1 Å². The third-order valence-corrected chi connectivity index (χ3v) is 7.98. The maximum atomic E-state index is 13.0. The van der Waals surface area contributed by atoms with E-state index in [-0.39, 0.29) is 14.9 Å². The zero-order chi connectivity index (χ0) is 26.3. The molecule has 3 aromatic carbocycles. The molecule has 0 saturated heterocycles. The molecule has 0 aliphatic carbocycles. The molecule has 0 radical (unpaired) electrons. The normalized spacial score (nSPS) is 12.0. The first-order valence-electron chi connectivity index (χ1n) is 11.0. The number of halogens is 2. The summed E-state index contributed by atoms with van der Waals surface area (Å²) in [6.07, 6.45) is 2.04. The molecule has 1 amide bonds. The number of amides is 1. The highest BCUT2D eigenvalue weighted by atomic mass is 35.5. The average molecular weight is 543 g/mol. The van der Waals surface area contributed by atoms with Gasteiger partial charge in [-0.15, -0.1) is 0 Å². The first-order valence-corrected chi connectivity index (χ1v) is 13.2. The van der Waals surface area contributed by atoms with Crippen LogP contribution in [0, 0.1) is 12.3 Å². The van der Waals surface area contributed by atoms with Crippen LogP contribution in [-0.4, -0.2) is 24.3 Å². The Kier molecular flexibility index (Phi) is 6.96. The molecule has 36 heavy (non-hydrogen) atoms. The maximum absolute atomic E-state index is 13.0. The van der Waals surface area contributed by atoms with Gasteiger partial charge in [0.25, 0.3) is 10.0 Å². The van der Waals surface area contributed by atoms with Gasteiger partial charge < -0.3 is 5.73 Å². The molecule has 7 nitrogen and oxygen atoms in total.